The van der Waals surface area contributed by atoms with E-state index in [0.717, 1.165) is 24.2 Å². The van der Waals surface area contributed by atoms with Crippen molar-refractivity contribution in [1.82, 2.24) is 10.6 Å². The van der Waals surface area contributed by atoms with Crippen LogP contribution in [0.15, 0.2) is 30.0 Å². The molecule has 0 bridgehead atoms. The summed E-state index contributed by atoms with van der Waals surface area (Å²) >= 11 is 4.88. The number of nitrogens with one attached hydrogen (secondary N) is 2. The van der Waals surface area contributed by atoms with Crippen molar-refractivity contribution in [2.75, 3.05) is 6.61 Å². The first-order valence-corrected chi connectivity index (χ1v) is 6.67. The van der Waals surface area contributed by atoms with Crippen LogP contribution < -0.4 is 15.4 Å². The standard InChI is InChI=1S/C14H16N2O2S/c1-2-3-7-18-11-6-4-5-10(8-11)9-12-13(17)16-14(19)15-12/h4-6,8-9H,2-3,7H2,1H3,(H2,15,16,17,19)/b12-9-. The maximum atomic E-state index is 11.5. The molecule has 4 nitrogen and oxygen atoms in total. The van der Waals surface area contributed by atoms with Crippen molar-refractivity contribution in [3.63, 3.8) is 0 Å². The van der Waals surface area contributed by atoms with E-state index in [1.807, 2.05) is 24.3 Å². The third-order valence-electron chi connectivity index (χ3n) is 2.66. The molecule has 0 atom stereocenters. The molecule has 0 spiro atoms. The van der Waals surface area contributed by atoms with Gasteiger partial charge in [0.2, 0.25) is 0 Å². The van der Waals surface area contributed by atoms with E-state index in [-0.39, 0.29) is 5.91 Å². The minimum absolute atomic E-state index is 0.206. The van der Waals surface area contributed by atoms with E-state index in [1.165, 1.54) is 0 Å². The molecule has 0 radical (unpaired) electrons. The number of amides is 1. The Labute approximate surface area is 117 Å². The van der Waals surface area contributed by atoms with Crippen LogP contribution in [0.25, 0.3) is 6.08 Å². The van der Waals surface area contributed by atoms with Crippen molar-refractivity contribution in [1.29, 1.82) is 0 Å². The molecule has 5 heteroatoms. The Hall–Kier alpha value is -1.88. The Morgan fingerprint density at radius 1 is 1.37 bits per heavy atom. The lowest BCUT2D eigenvalue weighted by atomic mass is 10.2. The summed E-state index contributed by atoms with van der Waals surface area (Å²) in [7, 11) is 0. The monoisotopic (exact) mass is 276 g/mol. The van der Waals surface area contributed by atoms with E-state index in [4.69, 9.17) is 17.0 Å². The number of hydrogen-bond acceptors (Lipinski definition) is 3. The molecule has 0 aromatic heterocycles. The van der Waals surface area contributed by atoms with Crippen LogP contribution in [0, 0.1) is 0 Å². The molecule has 1 saturated heterocycles. The molecular formula is C14H16N2O2S. The molecule has 2 N–H and O–H groups in total. The van der Waals surface area contributed by atoms with E-state index in [0.29, 0.717) is 17.4 Å². The van der Waals surface area contributed by atoms with Crippen LogP contribution >= 0.6 is 12.2 Å². The number of unbranched alkanes of at least 4 members (excludes halogenated alkanes) is 1. The largest absolute Gasteiger partial charge is 0.494 e. The van der Waals surface area contributed by atoms with Crippen molar-refractivity contribution in [3.05, 3.63) is 35.5 Å². The first kappa shape index (κ1) is 13.5. The molecule has 19 heavy (non-hydrogen) atoms. The Bertz CT molecular complexity index is 526. The molecule has 1 aromatic carbocycles. The Morgan fingerprint density at radius 3 is 2.89 bits per heavy atom. The van der Waals surface area contributed by atoms with Crippen molar-refractivity contribution >= 4 is 29.3 Å². The summed E-state index contributed by atoms with van der Waals surface area (Å²) in [6.07, 6.45) is 3.89. The van der Waals surface area contributed by atoms with Gasteiger partial charge in [0.05, 0.1) is 6.61 Å². The highest BCUT2D eigenvalue weighted by atomic mass is 32.1. The second-order valence-electron chi connectivity index (χ2n) is 4.24. The first-order chi connectivity index (χ1) is 9.19. The van der Waals surface area contributed by atoms with Crippen LogP contribution in [0.1, 0.15) is 25.3 Å². The molecule has 0 unspecified atom stereocenters. The van der Waals surface area contributed by atoms with Crippen molar-refractivity contribution < 1.29 is 9.53 Å². The van der Waals surface area contributed by atoms with E-state index in [1.54, 1.807) is 6.08 Å². The number of carbonyl (C=O) groups excluding carboxylic acids is 1. The zero-order valence-corrected chi connectivity index (χ0v) is 11.5. The summed E-state index contributed by atoms with van der Waals surface area (Å²) in [5.74, 6) is 0.603. The average molecular weight is 276 g/mol. The maximum Gasteiger partial charge on any atom is 0.273 e. The molecule has 1 aliphatic rings. The predicted octanol–water partition coefficient (Wildman–Crippen LogP) is 2.21. The zero-order valence-electron chi connectivity index (χ0n) is 10.7. The lowest BCUT2D eigenvalue weighted by Gasteiger charge is -2.06. The van der Waals surface area contributed by atoms with Crippen molar-refractivity contribution in [2.24, 2.45) is 0 Å². The van der Waals surface area contributed by atoms with Gasteiger partial charge in [-0.05, 0) is 42.4 Å². The topological polar surface area (TPSA) is 50.4 Å². The van der Waals surface area contributed by atoms with Crippen molar-refractivity contribution in [2.45, 2.75) is 19.8 Å². The van der Waals surface area contributed by atoms with E-state index < -0.39 is 0 Å². The SMILES string of the molecule is CCCCOc1cccc(/C=C2\NC(=S)NC2=O)c1. The molecule has 2 rings (SSSR count). The fraction of sp³-hybridized carbons (Fsp3) is 0.286. The number of thiocarbonyl (C=S) groups is 1. The van der Waals surface area contributed by atoms with Gasteiger partial charge in [-0.15, -0.1) is 0 Å². The molecule has 1 fully saturated rings. The van der Waals surface area contributed by atoms with Gasteiger partial charge in [-0.3, -0.25) is 10.1 Å². The van der Waals surface area contributed by atoms with Gasteiger partial charge in [0.25, 0.3) is 5.91 Å². The fourth-order valence-electron chi connectivity index (χ4n) is 1.68. The highest BCUT2D eigenvalue weighted by Gasteiger charge is 2.19. The van der Waals surface area contributed by atoms with Gasteiger partial charge in [-0.25, -0.2) is 0 Å². The smallest absolute Gasteiger partial charge is 0.273 e. The van der Waals surface area contributed by atoms with Crippen LogP contribution in [-0.4, -0.2) is 17.6 Å². The van der Waals surface area contributed by atoms with Crippen LogP contribution in [-0.2, 0) is 4.79 Å². The minimum Gasteiger partial charge on any atom is -0.494 e. The second kappa shape index (κ2) is 6.33. The molecule has 100 valence electrons. The lowest BCUT2D eigenvalue weighted by molar-refractivity contribution is -0.115. The third kappa shape index (κ3) is 3.79. The van der Waals surface area contributed by atoms with Gasteiger partial charge in [-0.1, -0.05) is 25.5 Å². The molecule has 1 heterocycles. The molecule has 1 aliphatic heterocycles. The number of benzene rings is 1. The quantitative estimate of drug-likeness (QED) is 0.492. The second-order valence-corrected chi connectivity index (χ2v) is 4.65. The Morgan fingerprint density at radius 2 is 2.21 bits per heavy atom. The van der Waals surface area contributed by atoms with E-state index in [2.05, 4.69) is 17.6 Å². The van der Waals surface area contributed by atoms with Gasteiger partial charge in [-0.2, -0.15) is 0 Å². The number of ether oxygens (including phenoxy) is 1. The van der Waals surface area contributed by atoms with Crippen LogP contribution in [0.5, 0.6) is 5.75 Å². The Balaban J connectivity index is 2.08. The van der Waals surface area contributed by atoms with E-state index in [9.17, 15) is 4.79 Å². The number of hydrogen-bond donors (Lipinski definition) is 2. The van der Waals surface area contributed by atoms with Gasteiger partial charge in [0.1, 0.15) is 11.4 Å². The normalized spacial score (nSPS) is 16.4. The van der Waals surface area contributed by atoms with E-state index >= 15 is 0 Å². The number of carbonyl (C=O) groups is 1. The first-order valence-electron chi connectivity index (χ1n) is 6.26. The molecule has 1 aromatic rings. The van der Waals surface area contributed by atoms with Crippen LogP contribution in [0.4, 0.5) is 0 Å². The van der Waals surface area contributed by atoms with Crippen LogP contribution in [0.2, 0.25) is 0 Å². The molecule has 0 saturated carbocycles. The fourth-order valence-corrected chi connectivity index (χ4v) is 1.88. The highest BCUT2D eigenvalue weighted by Crippen LogP contribution is 2.16. The summed E-state index contributed by atoms with van der Waals surface area (Å²) in [4.78, 5) is 11.5. The van der Waals surface area contributed by atoms with Gasteiger partial charge < -0.3 is 10.1 Å². The van der Waals surface area contributed by atoms with Gasteiger partial charge >= 0.3 is 0 Å². The summed E-state index contributed by atoms with van der Waals surface area (Å²) in [6.45, 7) is 2.83. The van der Waals surface area contributed by atoms with Gasteiger partial charge in [0, 0.05) is 0 Å². The zero-order chi connectivity index (χ0) is 13.7. The predicted molar refractivity (Wildman–Crippen MR) is 78.7 cm³/mol. The minimum atomic E-state index is -0.206. The van der Waals surface area contributed by atoms with Crippen molar-refractivity contribution in [3.8, 4) is 5.75 Å². The molecule has 0 aliphatic carbocycles. The maximum absolute atomic E-state index is 11.5. The summed E-state index contributed by atoms with van der Waals surface area (Å²) in [6, 6.07) is 7.62. The lowest BCUT2D eigenvalue weighted by Crippen LogP contribution is -2.21. The molecule has 1 amide bonds. The summed E-state index contributed by atoms with van der Waals surface area (Å²) in [5, 5.41) is 5.68. The Kier molecular flexibility index (Phi) is 4.52. The summed E-state index contributed by atoms with van der Waals surface area (Å²) < 4.78 is 5.62. The van der Waals surface area contributed by atoms with Crippen LogP contribution in [0.3, 0.4) is 0 Å². The summed E-state index contributed by atoms with van der Waals surface area (Å²) in [5.41, 5.74) is 1.35. The third-order valence-corrected chi connectivity index (χ3v) is 2.86. The highest BCUT2D eigenvalue weighted by molar-refractivity contribution is 7.80. The number of rotatable bonds is 5. The van der Waals surface area contributed by atoms with Gasteiger partial charge in [0.15, 0.2) is 5.11 Å². The molecular weight excluding hydrogens is 260 g/mol. The average Bonchev–Trinajstić information content (AvgIpc) is 2.69.